The molecule has 148 valence electrons. The molecule has 0 bridgehead atoms. The van der Waals surface area contributed by atoms with Gasteiger partial charge in [0, 0.05) is 6.07 Å². The lowest BCUT2D eigenvalue weighted by atomic mass is 10.2. The first-order chi connectivity index (χ1) is 14.0. The van der Waals surface area contributed by atoms with Gasteiger partial charge in [-0.05, 0) is 18.2 Å². The molecular formula is C16H13N7O6. The molecule has 0 aliphatic rings. The molecular weight excluding hydrogens is 386 g/mol. The fourth-order valence-electron chi connectivity index (χ4n) is 2.36. The molecule has 0 unspecified atom stereocenters. The van der Waals surface area contributed by atoms with Crippen molar-refractivity contribution in [2.45, 2.75) is 6.54 Å². The summed E-state index contributed by atoms with van der Waals surface area (Å²) in [7, 11) is 0. The maximum atomic E-state index is 12.3. The molecule has 29 heavy (non-hydrogen) atoms. The van der Waals surface area contributed by atoms with Gasteiger partial charge in [0.1, 0.15) is 17.7 Å². The van der Waals surface area contributed by atoms with Crippen LogP contribution < -0.4 is 16.2 Å². The molecule has 0 radical (unpaired) electrons. The predicted octanol–water partition coefficient (Wildman–Crippen LogP) is 2.25. The van der Waals surface area contributed by atoms with Crippen molar-refractivity contribution in [1.82, 2.24) is 15.4 Å². The Labute approximate surface area is 162 Å². The number of amides is 1. The summed E-state index contributed by atoms with van der Waals surface area (Å²) < 4.78 is 5.14. The van der Waals surface area contributed by atoms with E-state index in [0.717, 1.165) is 6.33 Å². The number of nitrogens with one attached hydrogen (secondary N) is 3. The average Bonchev–Trinajstić information content (AvgIpc) is 3.23. The first kappa shape index (κ1) is 19.2. The fourth-order valence-corrected chi connectivity index (χ4v) is 2.36. The zero-order valence-corrected chi connectivity index (χ0v) is 14.6. The second kappa shape index (κ2) is 8.43. The Morgan fingerprint density at radius 3 is 2.48 bits per heavy atom. The fraction of sp³-hybridized carbons (Fsp3) is 0.0625. The van der Waals surface area contributed by atoms with Gasteiger partial charge in [0.15, 0.2) is 0 Å². The molecule has 1 aromatic carbocycles. The summed E-state index contributed by atoms with van der Waals surface area (Å²) >= 11 is 0. The highest BCUT2D eigenvalue weighted by Gasteiger charge is 2.25. The number of hydrazine groups is 1. The Bertz CT molecular complexity index is 1050. The zero-order chi connectivity index (χ0) is 20.8. The number of carbonyl (C=O) groups is 1. The third-order valence-electron chi connectivity index (χ3n) is 3.65. The van der Waals surface area contributed by atoms with Crippen LogP contribution in [0.2, 0.25) is 0 Å². The Kier molecular flexibility index (Phi) is 5.58. The van der Waals surface area contributed by atoms with E-state index in [0.29, 0.717) is 5.76 Å². The third-order valence-corrected chi connectivity index (χ3v) is 3.65. The smallest absolute Gasteiger partial charge is 0.354 e. The minimum atomic E-state index is -0.865. The molecule has 3 aromatic rings. The third kappa shape index (κ3) is 4.41. The first-order valence-electron chi connectivity index (χ1n) is 8.02. The monoisotopic (exact) mass is 399 g/mol. The van der Waals surface area contributed by atoms with Crippen molar-refractivity contribution in [3.05, 3.63) is 80.5 Å². The van der Waals surface area contributed by atoms with Gasteiger partial charge in [-0.25, -0.2) is 9.97 Å². The summed E-state index contributed by atoms with van der Waals surface area (Å²) in [4.78, 5) is 40.9. The van der Waals surface area contributed by atoms with E-state index in [1.807, 2.05) is 0 Å². The Balaban J connectivity index is 1.78. The van der Waals surface area contributed by atoms with E-state index >= 15 is 0 Å². The summed E-state index contributed by atoms with van der Waals surface area (Å²) in [5.41, 5.74) is 3.32. The summed E-state index contributed by atoms with van der Waals surface area (Å²) in [6.45, 7) is 0.132. The number of benzene rings is 1. The number of anilines is 2. The molecule has 2 heterocycles. The van der Waals surface area contributed by atoms with Crippen LogP contribution in [0.5, 0.6) is 0 Å². The number of nitro groups is 2. The number of furan rings is 1. The number of para-hydroxylation sites is 1. The van der Waals surface area contributed by atoms with Crippen molar-refractivity contribution in [3.63, 3.8) is 0 Å². The Hall–Kier alpha value is -4.55. The standard InChI is InChI=1S/C16H13N7O6/c24-16(11-5-1-2-6-12(11)22(25)26)21-20-15-13(23(27)28)14(18-9-19-15)17-8-10-4-3-7-29-10/h1-7,9H,8H2,(H,21,24)(H2,17,18,19,20). The molecule has 0 saturated carbocycles. The number of rotatable bonds is 8. The van der Waals surface area contributed by atoms with Crippen LogP contribution in [0.1, 0.15) is 16.1 Å². The molecule has 0 spiro atoms. The highest BCUT2D eigenvalue weighted by atomic mass is 16.6. The quantitative estimate of drug-likeness (QED) is 0.376. The van der Waals surface area contributed by atoms with E-state index in [4.69, 9.17) is 4.42 Å². The summed E-state index contributed by atoms with van der Waals surface area (Å²) in [5.74, 6) is -0.755. The van der Waals surface area contributed by atoms with Crippen molar-refractivity contribution in [3.8, 4) is 0 Å². The Morgan fingerprint density at radius 1 is 1.03 bits per heavy atom. The van der Waals surface area contributed by atoms with Gasteiger partial charge in [-0.15, -0.1) is 0 Å². The van der Waals surface area contributed by atoms with Crippen molar-refractivity contribution in [2.75, 3.05) is 10.7 Å². The van der Waals surface area contributed by atoms with Crippen molar-refractivity contribution >= 4 is 28.9 Å². The second-order valence-electron chi connectivity index (χ2n) is 5.46. The van der Waals surface area contributed by atoms with Crippen molar-refractivity contribution < 1.29 is 19.1 Å². The van der Waals surface area contributed by atoms with Crippen LogP contribution in [0.3, 0.4) is 0 Å². The van der Waals surface area contributed by atoms with Crippen LogP contribution in [-0.2, 0) is 6.54 Å². The second-order valence-corrected chi connectivity index (χ2v) is 5.46. The van der Waals surface area contributed by atoms with Gasteiger partial charge in [0.25, 0.3) is 11.6 Å². The molecule has 1 amide bonds. The van der Waals surface area contributed by atoms with E-state index < -0.39 is 27.1 Å². The summed E-state index contributed by atoms with van der Waals surface area (Å²) in [6.07, 6.45) is 2.51. The lowest BCUT2D eigenvalue weighted by Gasteiger charge is -2.10. The summed E-state index contributed by atoms with van der Waals surface area (Å²) in [6, 6.07) is 8.61. The lowest BCUT2D eigenvalue weighted by molar-refractivity contribution is -0.385. The van der Waals surface area contributed by atoms with Crippen LogP contribution in [-0.4, -0.2) is 25.7 Å². The van der Waals surface area contributed by atoms with Crippen molar-refractivity contribution in [2.24, 2.45) is 0 Å². The number of carbonyl (C=O) groups excluding carboxylic acids is 1. The van der Waals surface area contributed by atoms with Gasteiger partial charge < -0.3 is 9.73 Å². The summed E-state index contributed by atoms with van der Waals surface area (Å²) in [5, 5.41) is 25.3. The molecule has 0 aliphatic carbocycles. The molecule has 13 nitrogen and oxygen atoms in total. The molecule has 2 aromatic heterocycles. The molecule has 13 heteroatoms. The number of hydrogen-bond donors (Lipinski definition) is 3. The normalized spacial score (nSPS) is 10.2. The van der Waals surface area contributed by atoms with E-state index in [1.54, 1.807) is 12.1 Å². The largest absolute Gasteiger partial charge is 0.467 e. The van der Waals surface area contributed by atoms with Crippen LogP contribution in [0.15, 0.2) is 53.4 Å². The van der Waals surface area contributed by atoms with Crippen LogP contribution in [0.4, 0.5) is 23.0 Å². The molecule has 3 N–H and O–H groups in total. The molecule has 0 fully saturated rings. The number of hydrogen-bond acceptors (Lipinski definition) is 10. The van der Waals surface area contributed by atoms with E-state index in [-0.39, 0.29) is 23.7 Å². The predicted molar refractivity (Wildman–Crippen MR) is 98.9 cm³/mol. The van der Waals surface area contributed by atoms with Gasteiger partial charge in [-0.1, -0.05) is 12.1 Å². The van der Waals surface area contributed by atoms with Crippen LogP contribution >= 0.6 is 0 Å². The maximum Gasteiger partial charge on any atom is 0.354 e. The first-order valence-corrected chi connectivity index (χ1v) is 8.02. The molecule has 0 aliphatic heterocycles. The highest BCUT2D eigenvalue weighted by molar-refractivity contribution is 5.98. The van der Waals surface area contributed by atoms with E-state index in [9.17, 15) is 25.0 Å². The van der Waals surface area contributed by atoms with Gasteiger partial charge in [0.2, 0.25) is 11.6 Å². The maximum absolute atomic E-state index is 12.3. The van der Waals surface area contributed by atoms with Crippen LogP contribution in [0.25, 0.3) is 0 Å². The van der Waals surface area contributed by atoms with Crippen LogP contribution in [0, 0.1) is 20.2 Å². The zero-order valence-electron chi connectivity index (χ0n) is 14.6. The van der Waals surface area contributed by atoms with Gasteiger partial charge in [0.05, 0.1) is 22.7 Å². The van der Waals surface area contributed by atoms with Gasteiger partial charge in [-0.3, -0.25) is 35.9 Å². The molecule has 0 atom stereocenters. The molecule has 3 rings (SSSR count). The van der Waals surface area contributed by atoms with E-state index in [1.165, 1.54) is 30.5 Å². The van der Waals surface area contributed by atoms with Gasteiger partial charge >= 0.3 is 5.69 Å². The number of nitro benzene ring substituents is 1. The van der Waals surface area contributed by atoms with Crippen molar-refractivity contribution in [1.29, 1.82) is 0 Å². The average molecular weight is 399 g/mol. The SMILES string of the molecule is O=C(NNc1ncnc(NCc2ccco2)c1[N+](=O)[O-])c1ccccc1[N+](=O)[O-]. The Morgan fingerprint density at radius 2 is 1.79 bits per heavy atom. The minimum Gasteiger partial charge on any atom is -0.467 e. The van der Waals surface area contributed by atoms with Gasteiger partial charge in [-0.2, -0.15) is 0 Å². The topological polar surface area (TPSA) is 178 Å². The van der Waals surface area contributed by atoms with E-state index in [2.05, 4.69) is 26.1 Å². The lowest BCUT2D eigenvalue weighted by Crippen LogP contribution is -2.31. The molecule has 0 saturated heterocycles. The minimum absolute atomic E-state index is 0.108. The number of aromatic nitrogens is 2. The highest BCUT2D eigenvalue weighted by Crippen LogP contribution is 2.29. The number of nitrogens with zero attached hydrogens (tertiary/aromatic N) is 4.